The lowest BCUT2D eigenvalue weighted by Crippen LogP contribution is -2.33. The molecule has 1 aliphatic heterocycles. The van der Waals surface area contributed by atoms with Gasteiger partial charge in [0.1, 0.15) is 0 Å². The maximum Gasteiger partial charge on any atom is 0.262 e. The van der Waals surface area contributed by atoms with E-state index in [9.17, 15) is 9.59 Å². The van der Waals surface area contributed by atoms with Crippen LogP contribution in [-0.2, 0) is 11.3 Å². The second-order valence-electron chi connectivity index (χ2n) is 6.34. The van der Waals surface area contributed by atoms with Crippen LogP contribution in [0.25, 0.3) is 10.9 Å². The molecule has 1 amide bonds. The average molecular weight is 392 g/mol. The summed E-state index contributed by atoms with van der Waals surface area (Å²) in [4.78, 5) is 31.8. The number of fused-ring (bicyclic) bond motifs is 1. The molecule has 0 atom stereocenters. The molecular weight excluding hydrogens is 370 g/mol. The Morgan fingerprint density at radius 2 is 2.00 bits per heavy atom. The fourth-order valence-corrected chi connectivity index (χ4v) is 4.19. The number of thioether (sulfide) groups is 1. The van der Waals surface area contributed by atoms with Crippen molar-refractivity contribution in [3.05, 3.63) is 46.2 Å². The Labute approximate surface area is 162 Å². The van der Waals surface area contributed by atoms with E-state index in [0.717, 1.165) is 25.9 Å². The van der Waals surface area contributed by atoms with Crippen LogP contribution in [0, 0.1) is 0 Å². The van der Waals surface area contributed by atoms with Crippen LogP contribution in [-0.4, -0.2) is 39.2 Å². The number of allylic oxidation sites excluding steroid dienone is 1. The fourth-order valence-electron chi connectivity index (χ4n) is 3.11. The minimum absolute atomic E-state index is 0.0995. The molecule has 7 heteroatoms. The summed E-state index contributed by atoms with van der Waals surface area (Å²) in [7, 11) is 0. The third kappa shape index (κ3) is 4.30. The van der Waals surface area contributed by atoms with Crippen LogP contribution < -0.4 is 5.56 Å². The highest BCUT2D eigenvalue weighted by Gasteiger charge is 2.18. The van der Waals surface area contributed by atoms with Gasteiger partial charge in [0.15, 0.2) is 5.16 Å². The Morgan fingerprint density at radius 1 is 1.27 bits per heavy atom. The number of hydrogen-bond donors (Lipinski definition) is 0. The van der Waals surface area contributed by atoms with E-state index >= 15 is 0 Å². The monoisotopic (exact) mass is 391 g/mol. The number of rotatable bonds is 5. The Morgan fingerprint density at radius 3 is 2.69 bits per heavy atom. The molecule has 0 radical (unpaired) electrons. The molecule has 1 aromatic heterocycles. The lowest BCUT2D eigenvalue weighted by atomic mass is 10.2. The second-order valence-corrected chi connectivity index (χ2v) is 7.72. The summed E-state index contributed by atoms with van der Waals surface area (Å²) >= 11 is 7.34. The summed E-state index contributed by atoms with van der Waals surface area (Å²) in [5.41, 5.74) is 0.406. The minimum Gasteiger partial charge on any atom is -0.342 e. The van der Waals surface area contributed by atoms with Gasteiger partial charge in [-0.15, -0.1) is 6.58 Å². The molecule has 1 aromatic carbocycles. The summed E-state index contributed by atoms with van der Waals surface area (Å²) in [6, 6.07) is 5.04. The fraction of sp³-hybridized carbons (Fsp3) is 0.421. The zero-order valence-electron chi connectivity index (χ0n) is 14.6. The molecule has 1 saturated heterocycles. The van der Waals surface area contributed by atoms with Gasteiger partial charge in [0, 0.05) is 24.7 Å². The molecular formula is C19H22ClN3O2S. The highest BCUT2D eigenvalue weighted by Crippen LogP contribution is 2.21. The van der Waals surface area contributed by atoms with Crippen molar-refractivity contribution in [2.75, 3.05) is 18.8 Å². The van der Waals surface area contributed by atoms with Crippen LogP contribution in [0.4, 0.5) is 0 Å². The summed E-state index contributed by atoms with van der Waals surface area (Å²) in [5.74, 6) is 0.373. The van der Waals surface area contributed by atoms with Crippen LogP contribution >= 0.6 is 23.4 Å². The Balaban J connectivity index is 1.85. The van der Waals surface area contributed by atoms with E-state index in [4.69, 9.17) is 11.6 Å². The average Bonchev–Trinajstić information content (AvgIpc) is 2.91. The van der Waals surface area contributed by atoms with Crippen LogP contribution in [0.1, 0.15) is 25.7 Å². The SMILES string of the molecule is C=CCn1c(SCC(=O)N2CCCCCC2)nc2cc(Cl)ccc2c1=O. The number of halogens is 1. The van der Waals surface area contributed by atoms with Crippen LogP contribution in [0.5, 0.6) is 0 Å². The molecule has 5 nitrogen and oxygen atoms in total. The molecule has 2 heterocycles. The van der Waals surface area contributed by atoms with Crippen molar-refractivity contribution in [2.45, 2.75) is 37.4 Å². The molecule has 26 heavy (non-hydrogen) atoms. The predicted molar refractivity (Wildman–Crippen MR) is 107 cm³/mol. The van der Waals surface area contributed by atoms with Gasteiger partial charge in [0.2, 0.25) is 5.91 Å². The van der Waals surface area contributed by atoms with Gasteiger partial charge >= 0.3 is 0 Å². The van der Waals surface area contributed by atoms with Crippen molar-refractivity contribution in [1.29, 1.82) is 0 Å². The first-order valence-corrected chi connectivity index (χ1v) is 10.2. The normalized spacial score (nSPS) is 15.0. The number of amides is 1. The van der Waals surface area contributed by atoms with Gasteiger partial charge in [0.05, 0.1) is 16.7 Å². The molecule has 0 unspecified atom stereocenters. The first kappa shape index (κ1) is 19.0. The number of aromatic nitrogens is 2. The summed E-state index contributed by atoms with van der Waals surface area (Å²) in [6.07, 6.45) is 6.14. The Bertz CT molecular complexity index is 873. The molecule has 1 fully saturated rings. The molecule has 3 rings (SSSR count). The molecule has 2 aromatic rings. The van der Waals surface area contributed by atoms with E-state index in [1.807, 2.05) is 4.90 Å². The van der Waals surface area contributed by atoms with Crippen molar-refractivity contribution < 1.29 is 4.79 Å². The number of carbonyl (C=O) groups is 1. The molecule has 0 N–H and O–H groups in total. The zero-order valence-corrected chi connectivity index (χ0v) is 16.2. The lowest BCUT2D eigenvalue weighted by Gasteiger charge is -2.20. The summed E-state index contributed by atoms with van der Waals surface area (Å²) in [6.45, 7) is 5.71. The predicted octanol–water partition coefficient (Wildman–Crippen LogP) is 3.73. The van der Waals surface area contributed by atoms with Crippen molar-refractivity contribution in [3.8, 4) is 0 Å². The van der Waals surface area contributed by atoms with Crippen molar-refractivity contribution >= 4 is 40.2 Å². The van der Waals surface area contributed by atoms with Crippen LogP contribution in [0.3, 0.4) is 0 Å². The highest BCUT2D eigenvalue weighted by atomic mass is 35.5. The quantitative estimate of drug-likeness (QED) is 0.442. The van der Waals surface area contributed by atoms with Crippen LogP contribution in [0.2, 0.25) is 5.02 Å². The van der Waals surface area contributed by atoms with Gasteiger partial charge in [-0.3, -0.25) is 14.2 Å². The van der Waals surface area contributed by atoms with E-state index in [1.165, 1.54) is 24.6 Å². The van der Waals surface area contributed by atoms with E-state index in [1.54, 1.807) is 28.8 Å². The third-order valence-electron chi connectivity index (χ3n) is 4.48. The van der Waals surface area contributed by atoms with E-state index in [0.29, 0.717) is 27.6 Å². The lowest BCUT2D eigenvalue weighted by molar-refractivity contribution is -0.128. The number of carbonyl (C=O) groups excluding carboxylic acids is 1. The summed E-state index contributed by atoms with van der Waals surface area (Å²) < 4.78 is 1.56. The van der Waals surface area contributed by atoms with Gasteiger partial charge in [-0.2, -0.15) is 0 Å². The highest BCUT2D eigenvalue weighted by molar-refractivity contribution is 7.99. The van der Waals surface area contributed by atoms with Gasteiger partial charge in [-0.1, -0.05) is 42.3 Å². The van der Waals surface area contributed by atoms with Crippen molar-refractivity contribution in [3.63, 3.8) is 0 Å². The van der Waals surface area contributed by atoms with E-state index in [-0.39, 0.29) is 17.2 Å². The Kier molecular flexibility index (Phi) is 6.38. The third-order valence-corrected chi connectivity index (χ3v) is 5.67. The van der Waals surface area contributed by atoms with Crippen molar-refractivity contribution in [1.82, 2.24) is 14.5 Å². The molecule has 0 aliphatic carbocycles. The van der Waals surface area contributed by atoms with Crippen molar-refractivity contribution in [2.24, 2.45) is 0 Å². The number of likely N-dealkylation sites (tertiary alicyclic amines) is 1. The maximum atomic E-state index is 12.8. The smallest absolute Gasteiger partial charge is 0.262 e. The van der Waals surface area contributed by atoms with Gasteiger partial charge in [-0.25, -0.2) is 4.98 Å². The van der Waals surface area contributed by atoms with E-state index in [2.05, 4.69) is 11.6 Å². The zero-order chi connectivity index (χ0) is 18.5. The maximum absolute atomic E-state index is 12.8. The number of benzene rings is 1. The summed E-state index contributed by atoms with van der Waals surface area (Å²) in [5, 5.41) is 1.56. The standard InChI is InChI=1S/C19H22ClN3O2S/c1-2-9-23-18(25)15-8-7-14(20)12-16(15)21-19(23)26-13-17(24)22-10-5-3-4-6-11-22/h2,7-8,12H,1,3-6,9-11,13H2. The molecule has 1 aliphatic rings. The first-order valence-electron chi connectivity index (χ1n) is 8.81. The second kappa shape index (κ2) is 8.73. The number of hydrogen-bond acceptors (Lipinski definition) is 4. The minimum atomic E-state index is -0.142. The molecule has 0 bridgehead atoms. The van der Waals surface area contributed by atoms with Gasteiger partial charge in [-0.05, 0) is 31.0 Å². The molecule has 138 valence electrons. The Hall–Kier alpha value is -1.79. The molecule has 0 spiro atoms. The molecule has 0 saturated carbocycles. The van der Waals surface area contributed by atoms with E-state index < -0.39 is 0 Å². The first-order chi connectivity index (χ1) is 12.6. The largest absolute Gasteiger partial charge is 0.342 e. The number of nitrogens with zero attached hydrogens (tertiary/aromatic N) is 3. The van der Waals surface area contributed by atoms with Gasteiger partial charge < -0.3 is 4.90 Å². The van der Waals surface area contributed by atoms with Crippen LogP contribution in [0.15, 0.2) is 40.8 Å². The topological polar surface area (TPSA) is 55.2 Å². The van der Waals surface area contributed by atoms with Gasteiger partial charge in [0.25, 0.3) is 5.56 Å².